The fourth-order valence-electron chi connectivity index (χ4n) is 1.69. The summed E-state index contributed by atoms with van der Waals surface area (Å²) >= 11 is 0. The van der Waals surface area contributed by atoms with Crippen molar-refractivity contribution in [1.82, 2.24) is 15.5 Å². The monoisotopic (exact) mass is 254 g/mol. The van der Waals surface area contributed by atoms with Crippen molar-refractivity contribution >= 4 is 5.95 Å². The summed E-state index contributed by atoms with van der Waals surface area (Å²) in [6.07, 6.45) is 1.89. The number of anilines is 1. The minimum Gasteiger partial charge on any atom is -0.344 e. The summed E-state index contributed by atoms with van der Waals surface area (Å²) in [7, 11) is 3.82. The summed E-state index contributed by atoms with van der Waals surface area (Å²) in [6.45, 7) is 9.86. The molecule has 1 aromatic heterocycles. The molecule has 0 saturated heterocycles. The molecule has 1 aromatic rings. The van der Waals surface area contributed by atoms with Crippen molar-refractivity contribution in [2.75, 3.05) is 25.5 Å². The van der Waals surface area contributed by atoms with Gasteiger partial charge in [-0.15, -0.1) is 0 Å². The Morgan fingerprint density at radius 3 is 2.44 bits per heavy atom. The number of nitrogens with one attached hydrogen (secondary N) is 1. The van der Waals surface area contributed by atoms with Gasteiger partial charge in [-0.25, -0.2) is 0 Å². The number of hydrogen-bond acceptors (Lipinski definition) is 5. The third kappa shape index (κ3) is 4.29. The van der Waals surface area contributed by atoms with Crippen molar-refractivity contribution in [2.24, 2.45) is 5.41 Å². The molecule has 18 heavy (non-hydrogen) atoms. The Morgan fingerprint density at radius 1 is 1.33 bits per heavy atom. The smallest absolute Gasteiger partial charge is 0.265 e. The van der Waals surface area contributed by atoms with Crippen molar-refractivity contribution in [3.63, 3.8) is 0 Å². The molecule has 5 heteroatoms. The van der Waals surface area contributed by atoms with Gasteiger partial charge in [-0.1, -0.05) is 27.7 Å². The second-order valence-corrected chi connectivity index (χ2v) is 5.96. The van der Waals surface area contributed by atoms with E-state index in [-0.39, 0.29) is 5.41 Å². The zero-order valence-corrected chi connectivity index (χ0v) is 12.4. The second kappa shape index (κ2) is 6.18. The molecule has 0 bridgehead atoms. The molecular formula is C13H26N4O. The van der Waals surface area contributed by atoms with Gasteiger partial charge in [0, 0.05) is 26.6 Å². The lowest BCUT2D eigenvalue weighted by Gasteiger charge is -2.30. The van der Waals surface area contributed by atoms with Crippen LogP contribution in [0.5, 0.6) is 0 Å². The first-order valence-electron chi connectivity index (χ1n) is 6.58. The van der Waals surface area contributed by atoms with Crippen LogP contribution in [0, 0.1) is 5.41 Å². The lowest BCUT2D eigenvalue weighted by atomic mass is 9.84. The fourth-order valence-corrected chi connectivity index (χ4v) is 1.69. The third-order valence-corrected chi connectivity index (χ3v) is 2.92. The highest BCUT2D eigenvalue weighted by Gasteiger charge is 2.26. The predicted octanol–water partition coefficient (Wildman–Crippen LogP) is 2.09. The molecule has 0 aliphatic rings. The van der Waals surface area contributed by atoms with Crippen LogP contribution in [0.2, 0.25) is 0 Å². The molecule has 0 spiro atoms. The standard InChI is InChI=1S/C13H26N4O/c1-7-8-14-10(13(2,3)4)9-11-15-12(16-18-11)17(5)6/h10,14H,7-9H2,1-6H3. The third-order valence-electron chi connectivity index (χ3n) is 2.92. The van der Waals surface area contributed by atoms with Crippen LogP contribution in [-0.2, 0) is 6.42 Å². The Bertz CT molecular complexity index is 354. The van der Waals surface area contributed by atoms with Gasteiger partial charge in [-0.2, -0.15) is 4.98 Å². The molecule has 0 aliphatic heterocycles. The number of aromatic nitrogens is 2. The molecule has 1 atom stereocenters. The molecule has 1 N–H and O–H groups in total. The summed E-state index contributed by atoms with van der Waals surface area (Å²) in [6, 6.07) is 0.341. The highest BCUT2D eigenvalue weighted by molar-refractivity contribution is 5.23. The topological polar surface area (TPSA) is 54.2 Å². The number of nitrogens with zero attached hydrogens (tertiary/aromatic N) is 3. The zero-order chi connectivity index (χ0) is 13.8. The maximum Gasteiger partial charge on any atom is 0.265 e. The van der Waals surface area contributed by atoms with Crippen molar-refractivity contribution < 1.29 is 4.52 Å². The van der Waals surface area contributed by atoms with E-state index in [2.05, 4.69) is 43.2 Å². The van der Waals surface area contributed by atoms with E-state index in [4.69, 9.17) is 4.52 Å². The molecule has 1 rings (SSSR count). The fraction of sp³-hybridized carbons (Fsp3) is 0.846. The number of hydrogen-bond donors (Lipinski definition) is 1. The van der Waals surface area contributed by atoms with Gasteiger partial charge < -0.3 is 14.7 Å². The van der Waals surface area contributed by atoms with Gasteiger partial charge in [0.2, 0.25) is 5.89 Å². The Hall–Kier alpha value is -1.10. The van der Waals surface area contributed by atoms with Crippen LogP contribution >= 0.6 is 0 Å². The molecule has 0 saturated carbocycles. The predicted molar refractivity (Wildman–Crippen MR) is 73.9 cm³/mol. The summed E-state index contributed by atoms with van der Waals surface area (Å²) in [5.41, 5.74) is 0.169. The van der Waals surface area contributed by atoms with E-state index in [1.165, 1.54) is 0 Å². The molecular weight excluding hydrogens is 228 g/mol. The van der Waals surface area contributed by atoms with Gasteiger partial charge >= 0.3 is 0 Å². The highest BCUT2D eigenvalue weighted by Crippen LogP contribution is 2.22. The van der Waals surface area contributed by atoms with Crippen molar-refractivity contribution in [3.05, 3.63) is 5.89 Å². The van der Waals surface area contributed by atoms with Gasteiger partial charge in [-0.05, 0) is 23.5 Å². The van der Waals surface area contributed by atoms with E-state index >= 15 is 0 Å². The van der Waals surface area contributed by atoms with Crippen LogP contribution in [0.3, 0.4) is 0 Å². The van der Waals surface area contributed by atoms with Crippen LogP contribution in [0.1, 0.15) is 40.0 Å². The lowest BCUT2D eigenvalue weighted by molar-refractivity contribution is 0.244. The van der Waals surface area contributed by atoms with Gasteiger partial charge in [0.1, 0.15) is 0 Å². The summed E-state index contributed by atoms with van der Waals surface area (Å²) < 4.78 is 5.29. The maximum atomic E-state index is 5.29. The molecule has 0 amide bonds. The molecule has 0 fully saturated rings. The molecule has 1 heterocycles. The Labute approximate surface area is 110 Å². The van der Waals surface area contributed by atoms with Gasteiger partial charge in [0.25, 0.3) is 5.95 Å². The first kappa shape index (κ1) is 15.0. The minimum atomic E-state index is 0.169. The molecule has 1 unspecified atom stereocenters. The zero-order valence-electron chi connectivity index (χ0n) is 12.4. The lowest BCUT2D eigenvalue weighted by Crippen LogP contribution is -2.42. The molecule has 0 aliphatic carbocycles. The normalized spacial score (nSPS) is 13.7. The molecule has 104 valence electrons. The molecule has 0 aromatic carbocycles. The highest BCUT2D eigenvalue weighted by atomic mass is 16.5. The quantitative estimate of drug-likeness (QED) is 0.842. The van der Waals surface area contributed by atoms with Gasteiger partial charge in [-0.3, -0.25) is 0 Å². The average molecular weight is 254 g/mol. The van der Waals surface area contributed by atoms with Crippen molar-refractivity contribution in [1.29, 1.82) is 0 Å². The van der Waals surface area contributed by atoms with E-state index in [0.717, 1.165) is 19.4 Å². The van der Waals surface area contributed by atoms with Crippen LogP contribution in [0.4, 0.5) is 5.95 Å². The van der Waals surface area contributed by atoms with E-state index in [1.54, 1.807) is 0 Å². The molecule has 0 radical (unpaired) electrons. The Morgan fingerprint density at radius 2 is 2.00 bits per heavy atom. The SMILES string of the molecule is CCCNC(Cc1nc(N(C)C)no1)C(C)(C)C. The Balaban J connectivity index is 2.69. The summed E-state index contributed by atoms with van der Waals surface area (Å²) in [4.78, 5) is 6.23. The second-order valence-electron chi connectivity index (χ2n) is 5.96. The summed E-state index contributed by atoms with van der Waals surface area (Å²) in [5.74, 6) is 1.33. The van der Waals surface area contributed by atoms with Gasteiger partial charge in [0.15, 0.2) is 0 Å². The van der Waals surface area contributed by atoms with Crippen LogP contribution in [0.25, 0.3) is 0 Å². The molecule has 5 nitrogen and oxygen atoms in total. The van der Waals surface area contributed by atoms with E-state index in [1.807, 2.05) is 19.0 Å². The largest absolute Gasteiger partial charge is 0.344 e. The average Bonchev–Trinajstić information content (AvgIpc) is 2.71. The number of rotatable bonds is 6. The van der Waals surface area contributed by atoms with Crippen molar-refractivity contribution in [2.45, 2.75) is 46.6 Å². The van der Waals surface area contributed by atoms with Crippen LogP contribution < -0.4 is 10.2 Å². The van der Waals surface area contributed by atoms with E-state index < -0.39 is 0 Å². The summed E-state index contributed by atoms with van der Waals surface area (Å²) in [5, 5.41) is 7.50. The van der Waals surface area contributed by atoms with E-state index in [0.29, 0.717) is 17.9 Å². The maximum absolute atomic E-state index is 5.29. The van der Waals surface area contributed by atoms with E-state index in [9.17, 15) is 0 Å². The van der Waals surface area contributed by atoms with Crippen LogP contribution in [-0.4, -0.2) is 36.8 Å². The van der Waals surface area contributed by atoms with Gasteiger partial charge in [0.05, 0.1) is 0 Å². The van der Waals surface area contributed by atoms with Crippen molar-refractivity contribution in [3.8, 4) is 0 Å². The van der Waals surface area contributed by atoms with Crippen LogP contribution in [0.15, 0.2) is 4.52 Å². The first-order valence-corrected chi connectivity index (χ1v) is 6.58. The first-order chi connectivity index (χ1) is 8.34. The Kier molecular flexibility index (Phi) is 5.14. The minimum absolute atomic E-state index is 0.169.